The third kappa shape index (κ3) is 16.1. The molecule has 2 atom stereocenters. The first-order valence-electron chi connectivity index (χ1n) is 17.4. The molecule has 0 bridgehead atoms. The van der Waals surface area contributed by atoms with Crippen LogP contribution in [-0.4, -0.2) is 128 Å². The molecule has 1 aromatic heterocycles. The number of halogens is 9. The van der Waals surface area contributed by atoms with Gasteiger partial charge in [-0.2, -0.15) is 39.5 Å². The van der Waals surface area contributed by atoms with Crippen LogP contribution in [0.4, 0.5) is 45.3 Å². The normalized spacial score (nSPS) is 19.3. The van der Waals surface area contributed by atoms with Crippen molar-refractivity contribution >= 4 is 46.5 Å². The molecule has 2 unspecified atom stereocenters. The number of benzene rings is 1. The lowest BCUT2D eigenvalue weighted by molar-refractivity contribution is -0.193. The highest BCUT2D eigenvalue weighted by Crippen LogP contribution is 2.28. The fraction of sp³-hybridized carbons (Fsp3) is 0.606. The number of nitrogens with two attached hydrogens (primary N) is 1. The minimum absolute atomic E-state index is 0.0130. The number of carboxylic acids is 3. The Morgan fingerprint density at radius 3 is 1.67 bits per heavy atom. The maximum Gasteiger partial charge on any atom is 0.490 e. The lowest BCUT2D eigenvalue weighted by atomic mass is 9.90. The molecule has 1 amide bonds. The first-order chi connectivity index (χ1) is 26.3. The second-order valence-corrected chi connectivity index (χ2v) is 13.1. The summed E-state index contributed by atoms with van der Waals surface area (Å²) in [6.45, 7) is 5.95. The van der Waals surface area contributed by atoms with E-state index in [2.05, 4.69) is 28.5 Å². The second-order valence-electron chi connectivity index (χ2n) is 13.1. The van der Waals surface area contributed by atoms with Crippen molar-refractivity contribution in [1.82, 2.24) is 25.1 Å². The Morgan fingerprint density at radius 2 is 1.21 bits per heavy atom. The van der Waals surface area contributed by atoms with E-state index < -0.39 is 36.4 Å². The van der Waals surface area contributed by atoms with Gasteiger partial charge in [-0.3, -0.25) is 10.2 Å². The van der Waals surface area contributed by atoms with Gasteiger partial charge in [-0.25, -0.2) is 24.4 Å². The maximum atomic E-state index is 13.6. The Balaban J connectivity index is 0.000000438. The molecule has 0 radical (unpaired) electrons. The van der Waals surface area contributed by atoms with E-state index in [1.807, 2.05) is 17.0 Å². The van der Waals surface area contributed by atoms with Gasteiger partial charge >= 0.3 is 36.4 Å². The molecule has 3 heterocycles. The smallest absolute Gasteiger partial charge is 0.475 e. The highest BCUT2D eigenvalue weighted by Gasteiger charge is 2.39. The first-order valence-corrected chi connectivity index (χ1v) is 17.4. The summed E-state index contributed by atoms with van der Waals surface area (Å²) in [6.07, 6.45) is -5.18. The maximum absolute atomic E-state index is 13.6. The van der Waals surface area contributed by atoms with E-state index in [9.17, 15) is 44.3 Å². The third-order valence-electron chi connectivity index (χ3n) is 8.86. The summed E-state index contributed by atoms with van der Waals surface area (Å²) in [5.41, 5.74) is 7.55. The number of piperidine rings is 2. The Hall–Kier alpha value is -5.16. The zero-order chi connectivity index (χ0) is 43.3. The van der Waals surface area contributed by atoms with Gasteiger partial charge in [-0.15, -0.1) is 0 Å². The van der Waals surface area contributed by atoms with Crippen LogP contribution in [0.1, 0.15) is 74.0 Å². The Bertz CT molecular complexity index is 1640. The van der Waals surface area contributed by atoms with Gasteiger partial charge in [0.05, 0.1) is 5.52 Å². The largest absolute Gasteiger partial charge is 0.490 e. The summed E-state index contributed by atoms with van der Waals surface area (Å²) in [5, 5.41) is 36.7. The number of nitrogens with one attached hydrogen (secondary N) is 3. The number of amides is 1. The van der Waals surface area contributed by atoms with Gasteiger partial charge in [0.25, 0.3) is 5.91 Å². The number of hydrogen-bond acceptors (Lipinski definition) is 9. The van der Waals surface area contributed by atoms with Gasteiger partial charge in [-0.1, -0.05) is 30.9 Å². The van der Waals surface area contributed by atoms with Crippen LogP contribution in [-0.2, 0) is 14.4 Å². The fourth-order valence-corrected chi connectivity index (χ4v) is 6.16. The lowest BCUT2D eigenvalue weighted by Gasteiger charge is -2.40. The zero-order valence-corrected chi connectivity index (χ0v) is 30.4. The van der Waals surface area contributed by atoms with Crippen molar-refractivity contribution in [2.24, 2.45) is 5.73 Å². The molecule has 1 aromatic carbocycles. The number of anilines is 1. The molecule has 2 saturated heterocycles. The number of aliphatic carboxylic acids is 3. The molecule has 1 aliphatic carbocycles. The molecule has 24 heteroatoms. The number of carbonyl (C=O) groups excluding carboxylic acids is 1. The predicted molar refractivity (Wildman–Crippen MR) is 184 cm³/mol. The van der Waals surface area contributed by atoms with E-state index in [4.69, 9.17) is 50.8 Å². The standard InChI is InChI=1S/C27H40N8O.3C2HF3O2/c1-18-9-10-21-20(17-18)24(31-22-7-3-4-8-23(22)32-27(28)29)33-25(30-21)26(36)35-15-11-19(12-16-35)34-13-5-2-6-14-34;3*3-2(4,5)1(6)7/h9-10,17,19,22-23H,2-8,11-16H2,1H3,(H4,28,29,32)(H,30,31,33);3*(H,6,7). The number of nitrogens with zero attached hydrogens (tertiary/aromatic N) is 4. The van der Waals surface area contributed by atoms with Crippen molar-refractivity contribution in [3.05, 3.63) is 29.6 Å². The molecule has 320 valence electrons. The summed E-state index contributed by atoms with van der Waals surface area (Å²) < 4.78 is 95.2. The van der Waals surface area contributed by atoms with Crippen molar-refractivity contribution in [3.8, 4) is 0 Å². The Kier molecular flexibility index (Phi) is 17.5. The number of guanidine groups is 1. The fourth-order valence-electron chi connectivity index (χ4n) is 6.16. The summed E-state index contributed by atoms with van der Waals surface area (Å²) in [7, 11) is 0. The Labute approximate surface area is 319 Å². The SMILES string of the molecule is Cc1ccc2nc(C(=O)N3CCC(N4CCCCC4)CC3)nc(NC3CCCCC3NC(=N)N)c2c1.O=C(O)C(F)(F)F.O=C(O)C(F)(F)F.O=C(O)C(F)(F)F. The van der Waals surface area contributed by atoms with E-state index in [0.717, 1.165) is 68.1 Å². The topological polar surface area (TPSA) is 235 Å². The van der Waals surface area contributed by atoms with E-state index in [1.54, 1.807) is 0 Å². The number of aryl methyl sites for hydroxylation is 1. The van der Waals surface area contributed by atoms with Crippen LogP contribution in [0.5, 0.6) is 0 Å². The first kappa shape index (κ1) is 48.0. The third-order valence-corrected chi connectivity index (χ3v) is 8.86. The van der Waals surface area contributed by atoms with Crippen molar-refractivity contribution in [2.45, 2.75) is 101 Å². The summed E-state index contributed by atoms with van der Waals surface area (Å²) in [5.74, 6) is -7.41. The van der Waals surface area contributed by atoms with Gasteiger partial charge in [0.15, 0.2) is 5.96 Å². The molecule has 2 aliphatic heterocycles. The molecule has 3 fully saturated rings. The van der Waals surface area contributed by atoms with E-state index in [0.29, 0.717) is 11.9 Å². The minimum Gasteiger partial charge on any atom is -0.475 e. The molecular weight excluding hydrogens is 791 g/mol. The predicted octanol–water partition coefficient (Wildman–Crippen LogP) is 5.13. The van der Waals surface area contributed by atoms with Crippen molar-refractivity contribution < 1.29 is 74.0 Å². The number of aromatic nitrogens is 2. The number of carbonyl (C=O) groups is 4. The van der Waals surface area contributed by atoms with Crippen molar-refractivity contribution in [2.75, 3.05) is 31.5 Å². The minimum atomic E-state index is -5.08. The molecule has 57 heavy (non-hydrogen) atoms. The van der Waals surface area contributed by atoms with Gasteiger partial charge in [0.1, 0.15) is 5.82 Å². The molecule has 0 spiro atoms. The van der Waals surface area contributed by atoms with Crippen molar-refractivity contribution in [3.63, 3.8) is 0 Å². The van der Waals surface area contributed by atoms with Crippen LogP contribution >= 0.6 is 0 Å². The van der Waals surface area contributed by atoms with E-state index in [-0.39, 0.29) is 29.8 Å². The van der Waals surface area contributed by atoms with Gasteiger partial charge in [0, 0.05) is 36.6 Å². The van der Waals surface area contributed by atoms with Gasteiger partial charge < -0.3 is 41.5 Å². The number of alkyl halides is 9. The van der Waals surface area contributed by atoms with Crippen LogP contribution in [0, 0.1) is 12.3 Å². The molecule has 2 aromatic rings. The highest BCUT2D eigenvalue weighted by molar-refractivity contribution is 5.96. The molecule has 1 saturated carbocycles. The van der Waals surface area contributed by atoms with Gasteiger partial charge in [0.2, 0.25) is 5.82 Å². The van der Waals surface area contributed by atoms with Crippen LogP contribution in [0.25, 0.3) is 10.9 Å². The number of carboxylic acid groups (broad SMARTS) is 3. The average Bonchev–Trinajstić information content (AvgIpc) is 3.12. The molecule has 8 N–H and O–H groups in total. The average molecular weight is 835 g/mol. The monoisotopic (exact) mass is 834 g/mol. The Morgan fingerprint density at radius 1 is 0.737 bits per heavy atom. The van der Waals surface area contributed by atoms with Crippen LogP contribution in [0.2, 0.25) is 0 Å². The number of rotatable bonds is 5. The van der Waals surface area contributed by atoms with Crippen LogP contribution in [0.15, 0.2) is 18.2 Å². The van der Waals surface area contributed by atoms with Crippen LogP contribution < -0.4 is 16.4 Å². The van der Waals surface area contributed by atoms with Crippen molar-refractivity contribution in [1.29, 1.82) is 5.41 Å². The van der Waals surface area contributed by atoms with Gasteiger partial charge in [-0.05, 0) is 70.7 Å². The number of hydrogen-bond donors (Lipinski definition) is 7. The summed E-state index contributed by atoms with van der Waals surface area (Å²) in [6, 6.07) is 6.79. The molecular formula is C33H43F9N8O7. The molecule has 3 aliphatic rings. The van der Waals surface area contributed by atoms with E-state index >= 15 is 0 Å². The zero-order valence-electron chi connectivity index (χ0n) is 30.4. The van der Waals surface area contributed by atoms with E-state index in [1.165, 1.54) is 32.4 Å². The summed E-state index contributed by atoms with van der Waals surface area (Å²) in [4.78, 5) is 54.3. The molecule has 5 rings (SSSR count). The summed E-state index contributed by atoms with van der Waals surface area (Å²) >= 11 is 0. The lowest BCUT2D eigenvalue weighted by Crippen LogP contribution is -2.50. The van der Waals surface area contributed by atoms with Crippen LogP contribution in [0.3, 0.4) is 0 Å². The number of likely N-dealkylation sites (tertiary alicyclic amines) is 2. The second kappa shape index (κ2) is 20.8. The number of fused-ring (bicyclic) bond motifs is 1. The quantitative estimate of drug-likeness (QED) is 0.118. The highest BCUT2D eigenvalue weighted by atomic mass is 19.4. The molecule has 15 nitrogen and oxygen atoms in total.